The van der Waals surface area contributed by atoms with Gasteiger partial charge in [0.25, 0.3) is 0 Å². The van der Waals surface area contributed by atoms with Gasteiger partial charge in [-0.25, -0.2) is 0 Å². The molecule has 0 aromatic carbocycles. The molecule has 0 radical (unpaired) electrons. The van der Waals surface area contributed by atoms with Crippen LogP contribution in [0.5, 0.6) is 0 Å². The van der Waals surface area contributed by atoms with Gasteiger partial charge in [-0.3, -0.25) is 9.59 Å². The van der Waals surface area contributed by atoms with Gasteiger partial charge >= 0.3 is 0 Å². The maximum Gasteiger partial charge on any atom is 0.222 e. The largest absolute Gasteiger partial charge is 0.504 e. The highest BCUT2D eigenvalue weighted by Gasteiger charge is 2.49. The molecule has 166 valence electrons. The van der Waals surface area contributed by atoms with Crippen LogP contribution in [0.2, 0.25) is 0 Å². The van der Waals surface area contributed by atoms with E-state index in [1.165, 1.54) is 24.5 Å². The lowest BCUT2D eigenvalue weighted by atomic mass is 9.51. The zero-order chi connectivity index (χ0) is 22.3. The Balaban J connectivity index is 1.89. The third kappa shape index (κ3) is 4.02. The van der Waals surface area contributed by atoms with Crippen molar-refractivity contribution in [1.82, 2.24) is 5.32 Å². The number of allylic oxidation sites excluding steroid dienone is 4. The molecule has 3 rings (SSSR count). The molecule has 2 N–H and O–H groups in total. The molecular weight excluding hydrogens is 374 g/mol. The average molecular weight is 414 g/mol. The first-order valence-electron chi connectivity index (χ1n) is 11.7. The maximum absolute atomic E-state index is 13.3. The number of nitrogens with one attached hydrogen (secondary N) is 1. The molecule has 0 heterocycles. The average Bonchev–Trinajstić information content (AvgIpc) is 2.69. The predicted octanol–water partition coefficient (Wildman–Crippen LogP) is 5.66. The Hall–Kier alpha value is -1.84. The summed E-state index contributed by atoms with van der Waals surface area (Å²) in [4.78, 5) is 25.8. The quantitative estimate of drug-likeness (QED) is 0.436. The van der Waals surface area contributed by atoms with Crippen molar-refractivity contribution in [3.8, 4) is 0 Å². The van der Waals surface area contributed by atoms with Crippen LogP contribution < -0.4 is 5.32 Å². The van der Waals surface area contributed by atoms with Crippen molar-refractivity contribution >= 4 is 11.6 Å². The van der Waals surface area contributed by atoms with Gasteiger partial charge in [0.05, 0.1) is 5.70 Å². The first-order chi connectivity index (χ1) is 14.0. The topological polar surface area (TPSA) is 66.4 Å². The van der Waals surface area contributed by atoms with E-state index in [2.05, 4.69) is 52.9 Å². The van der Waals surface area contributed by atoms with Crippen molar-refractivity contribution in [2.45, 2.75) is 80.1 Å². The van der Waals surface area contributed by atoms with Gasteiger partial charge in [0, 0.05) is 18.2 Å². The molecule has 0 unspecified atom stereocenters. The second-order valence-corrected chi connectivity index (χ2v) is 10.8. The molecule has 1 fully saturated rings. The number of Topliss-reactive ketones (excluding diaryl/α,β-unsaturated/α-hetero) is 1. The zero-order valence-electron chi connectivity index (χ0n) is 19.6. The van der Waals surface area contributed by atoms with E-state index in [0.717, 1.165) is 19.3 Å². The van der Waals surface area contributed by atoms with Crippen LogP contribution in [0.15, 0.2) is 34.8 Å². The summed E-state index contributed by atoms with van der Waals surface area (Å²) in [5.74, 6) is 0.151. The molecule has 0 aliphatic heterocycles. The van der Waals surface area contributed by atoms with Crippen molar-refractivity contribution in [2.24, 2.45) is 28.6 Å². The molecule has 0 aromatic heterocycles. The summed E-state index contributed by atoms with van der Waals surface area (Å²) in [5.41, 5.74) is 2.17. The second-order valence-electron chi connectivity index (χ2n) is 10.8. The number of carbonyl (C=O) groups excluding carboxylic acids is 2. The Morgan fingerprint density at radius 1 is 1.27 bits per heavy atom. The Morgan fingerprint density at radius 3 is 2.63 bits per heavy atom. The van der Waals surface area contributed by atoms with Crippen molar-refractivity contribution < 1.29 is 14.7 Å². The van der Waals surface area contributed by atoms with Crippen molar-refractivity contribution in [3.05, 3.63) is 34.8 Å². The number of fused-ring (bicyclic) bond motifs is 1. The van der Waals surface area contributed by atoms with E-state index in [0.29, 0.717) is 42.0 Å². The highest BCUT2D eigenvalue weighted by atomic mass is 16.3. The Labute approximate surface area is 181 Å². The monoisotopic (exact) mass is 413 g/mol. The van der Waals surface area contributed by atoms with Gasteiger partial charge in [0.2, 0.25) is 11.6 Å². The number of hydrogen-bond acceptors (Lipinski definition) is 4. The minimum atomic E-state index is -0.456. The molecule has 0 aromatic rings. The number of rotatable bonds is 6. The standard InChI is InChI=1S/C26H39NO3/c1-7-16(2)15-27-21-13-22(28)24(30)18(23(21)29)14-26(6)17(3)10-11-19-20(26)9-8-12-25(19,4)5/h11,13,16-17,20,27,30H,7-10,12,14-15H2,1-6H3/t16-,17-,20+,26+/m0/s1. The normalized spacial score (nSPS) is 32.3. The molecule has 30 heavy (non-hydrogen) atoms. The van der Waals surface area contributed by atoms with Crippen LogP contribution in [0, 0.1) is 28.6 Å². The highest BCUT2D eigenvalue weighted by Crippen LogP contribution is 2.58. The smallest absolute Gasteiger partial charge is 0.222 e. The molecule has 4 nitrogen and oxygen atoms in total. The van der Waals surface area contributed by atoms with E-state index in [-0.39, 0.29) is 22.4 Å². The molecular formula is C26H39NO3. The minimum absolute atomic E-state index is 0.153. The van der Waals surface area contributed by atoms with Gasteiger partial charge in [-0.2, -0.15) is 0 Å². The summed E-state index contributed by atoms with van der Waals surface area (Å²) >= 11 is 0. The summed E-state index contributed by atoms with van der Waals surface area (Å²) in [7, 11) is 0. The molecule has 0 bridgehead atoms. The lowest BCUT2D eigenvalue weighted by Gasteiger charge is -2.53. The molecule has 4 heteroatoms. The SMILES string of the molecule is CC[C@H](C)CNC1=CC(=O)C(O)=C(C[C@@]2(C)[C@@H]3CCCC(C)(C)C3=CC[C@@H]2C)C1=O. The minimum Gasteiger partial charge on any atom is -0.504 e. The van der Waals surface area contributed by atoms with Gasteiger partial charge < -0.3 is 10.4 Å². The Morgan fingerprint density at radius 2 is 1.97 bits per heavy atom. The van der Waals surface area contributed by atoms with E-state index in [9.17, 15) is 14.7 Å². The van der Waals surface area contributed by atoms with Crippen molar-refractivity contribution in [2.75, 3.05) is 6.54 Å². The van der Waals surface area contributed by atoms with Crippen LogP contribution in [-0.2, 0) is 9.59 Å². The van der Waals surface area contributed by atoms with Gasteiger partial charge in [-0.1, -0.05) is 66.0 Å². The number of carbonyl (C=O) groups is 2. The van der Waals surface area contributed by atoms with E-state index in [1.807, 2.05) is 0 Å². The molecule has 3 aliphatic rings. The summed E-state index contributed by atoms with van der Waals surface area (Å²) in [6.45, 7) is 14.0. The van der Waals surface area contributed by atoms with E-state index in [1.54, 1.807) is 0 Å². The number of hydrogen-bond donors (Lipinski definition) is 2. The van der Waals surface area contributed by atoms with Gasteiger partial charge in [0.1, 0.15) is 0 Å². The first-order valence-corrected chi connectivity index (χ1v) is 11.7. The number of ketones is 2. The Kier molecular flexibility index (Phi) is 6.36. The molecule has 0 saturated heterocycles. The summed E-state index contributed by atoms with van der Waals surface area (Å²) < 4.78 is 0. The zero-order valence-corrected chi connectivity index (χ0v) is 19.6. The lowest BCUT2D eigenvalue weighted by Crippen LogP contribution is -2.45. The second kappa shape index (κ2) is 8.36. The molecule has 0 amide bonds. The summed E-state index contributed by atoms with van der Waals surface area (Å²) in [5, 5.41) is 13.8. The molecule has 3 aliphatic carbocycles. The van der Waals surface area contributed by atoms with Crippen molar-refractivity contribution in [1.29, 1.82) is 0 Å². The van der Waals surface area contributed by atoms with Crippen LogP contribution in [0.1, 0.15) is 80.1 Å². The van der Waals surface area contributed by atoms with Crippen LogP contribution in [0.3, 0.4) is 0 Å². The van der Waals surface area contributed by atoms with Crippen molar-refractivity contribution in [3.63, 3.8) is 0 Å². The fourth-order valence-corrected chi connectivity index (χ4v) is 5.63. The summed E-state index contributed by atoms with van der Waals surface area (Å²) in [6, 6.07) is 0. The lowest BCUT2D eigenvalue weighted by molar-refractivity contribution is -0.118. The van der Waals surface area contributed by atoms with Gasteiger partial charge in [-0.15, -0.1) is 0 Å². The first kappa shape index (κ1) is 22.8. The summed E-state index contributed by atoms with van der Waals surface area (Å²) in [6.07, 6.45) is 9.61. The van der Waals surface area contributed by atoms with Gasteiger partial charge in [-0.05, 0) is 54.3 Å². The fourth-order valence-electron chi connectivity index (χ4n) is 5.63. The third-order valence-electron chi connectivity index (χ3n) is 8.27. The molecule has 1 saturated carbocycles. The van der Waals surface area contributed by atoms with E-state index >= 15 is 0 Å². The number of aliphatic hydroxyl groups excluding tert-OH is 1. The highest BCUT2D eigenvalue weighted by molar-refractivity contribution is 6.21. The van der Waals surface area contributed by atoms with Gasteiger partial charge in [0.15, 0.2) is 5.76 Å². The van der Waals surface area contributed by atoms with E-state index < -0.39 is 5.78 Å². The molecule has 0 spiro atoms. The van der Waals surface area contributed by atoms with Crippen LogP contribution in [0.25, 0.3) is 0 Å². The van der Waals surface area contributed by atoms with E-state index in [4.69, 9.17) is 0 Å². The third-order valence-corrected chi connectivity index (χ3v) is 8.27. The Bertz CT molecular complexity index is 816. The van der Waals surface area contributed by atoms with Crippen LogP contribution in [0.4, 0.5) is 0 Å². The fraction of sp³-hybridized carbons (Fsp3) is 0.692. The maximum atomic E-state index is 13.3. The van der Waals surface area contributed by atoms with Crippen LogP contribution >= 0.6 is 0 Å². The number of aliphatic hydroxyl groups is 1. The molecule has 4 atom stereocenters. The van der Waals surface area contributed by atoms with Crippen LogP contribution in [-0.4, -0.2) is 23.2 Å². The predicted molar refractivity (Wildman–Crippen MR) is 121 cm³/mol.